The van der Waals surface area contributed by atoms with Gasteiger partial charge in [0.15, 0.2) is 0 Å². The quantitative estimate of drug-likeness (QED) is 0.696. The lowest BCUT2D eigenvalue weighted by Gasteiger charge is -2.31. The molecule has 2 fully saturated rings. The van der Waals surface area contributed by atoms with Gasteiger partial charge in [-0.15, -0.1) is 0 Å². The molecule has 0 aromatic rings. The van der Waals surface area contributed by atoms with E-state index in [2.05, 4.69) is 10.6 Å². The van der Waals surface area contributed by atoms with E-state index in [9.17, 15) is 14.7 Å². The number of amides is 2. The maximum absolute atomic E-state index is 12.0. The highest BCUT2D eigenvalue weighted by Gasteiger charge is 2.31. The fraction of sp³-hybridized carbons (Fsp3) is 0.846. The van der Waals surface area contributed by atoms with Crippen LogP contribution in [-0.4, -0.2) is 54.7 Å². The summed E-state index contributed by atoms with van der Waals surface area (Å²) in [5.74, 6) is -0.934. The van der Waals surface area contributed by atoms with Crippen molar-refractivity contribution < 1.29 is 14.7 Å². The molecule has 0 radical (unpaired) electrons. The molecule has 2 rings (SSSR count). The van der Waals surface area contributed by atoms with E-state index in [0.717, 1.165) is 51.9 Å². The third-order valence-corrected chi connectivity index (χ3v) is 4.15. The fourth-order valence-corrected chi connectivity index (χ4v) is 2.98. The third-order valence-electron chi connectivity index (χ3n) is 4.15. The Morgan fingerprint density at radius 2 is 1.89 bits per heavy atom. The summed E-state index contributed by atoms with van der Waals surface area (Å²) in [6.07, 6.45) is 3.69. The van der Waals surface area contributed by atoms with E-state index < -0.39 is 5.97 Å². The Labute approximate surface area is 113 Å². The summed E-state index contributed by atoms with van der Waals surface area (Å²) in [5.41, 5.74) is 0. The molecule has 6 nitrogen and oxygen atoms in total. The fourth-order valence-electron chi connectivity index (χ4n) is 2.98. The van der Waals surface area contributed by atoms with Gasteiger partial charge >= 0.3 is 12.0 Å². The lowest BCUT2D eigenvalue weighted by molar-refractivity contribution is -0.144. The van der Waals surface area contributed by atoms with Crippen molar-refractivity contribution in [2.75, 3.05) is 32.7 Å². The van der Waals surface area contributed by atoms with Gasteiger partial charge in [0.1, 0.15) is 0 Å². The zero-order valence-corrected chi connectivity index (χ0v) is 11.2. The third kappa shape index (κ3) is 3.83. The Morgan fingerprint density at radius 3 is 2.58 bits per heavy atom. The van der Waals surface area contributed by atoms with Gasteiger partial charge in [-0.25, -0.2) is 4.79 Å². The van der Waals surface area contributed by atoms with Gasteiger partial charge in [-0.1, -0.05) is 12.8 Å². The first-order valence-corrected chi connectivity index (χ1v) is 7.15. The maximum atomic E-state index is 12.0. The highest BCUT2D eigenvalue weighted by atomic mass is 16.4. The van der Waals surface area contributed by atoms with E-state index in [4.69, 9.17) is 0 Å². The second-order valence-electron chi connectivity index (χ2n) is 5.41. The number of hydrogen-bond donors (Lipinski definition) is 3. The average molecular weight is 269 g/mol. The highest BCUT2D eigenvalue weighted by molar-refractivity contribution is 5.74. The normalized spacial score (nSPS) is 27.9. The van der Waals surface area contributed by atoms with Gasteiger partial charge in [0.2, 0.25) is 0 Å². The molecule has 3 N–H and O–H groups in total. The molecule has 2 amide bonds. The molecule has 19 heavy (non-hydrogen) atoms. The van der Waals surface area contributed by atoms with Crippen LogP contribution in [0, 0.1) is 11.8 Å². The van der Waals surface area contributed by atoms with E-state index in [0.29, 0.717) is 6.54 Å². The van der Waals surface area contributed by atoms with E-state index in [-0.39, 0.29) is 17.9 Å². The molecule has 1 aliphatic heterocycles. The SMILES string of the molecule is O=C(O)C1CCCCC1CNC(=O)N1CCNCC1. The second-order valence-corrected chi connectivity index (χ2v) is 5.41. The molecule has 0 bridgehead atoms. The summed E-state index contributed by atoms with van der Waals surface area (Å²) in [5, 5.41) is 15.3. The van der Waals surface area contributed by atoms with Crippen LogP contribution in [0.15, 0.2) is 0 Å². The standard InChI is InChI=1S/C13H23N3O3/c17-12(18)11-4-2-1-3-10(11)9-15-13(19)16-7-5-14-6-8-16/h10-11,14H,1-9H2,(H,15,19)(H,17,18). The van der Waals surface area contributed by atoms with Crippen LogP contribution in [0.3, 0.4) is 0 Å². The number of carboxylic acids is 1. The molecule has 108 valence electrons. The minimum absolute atomic E-state index is 0.0591. The summed E-state index contributed by atoms with van der Waals surface area (Å²) in [7, 11) is 0. The van der Waals surface area contributed by atoms with Crippen molar-refractivity contribution in [2.24, 2.45) is 11.8 Å². The van der Waals surface area contributed by atoms with Crippen molar-refractivity contribution in [2.45, 2.75) is 25.7 Å². The highest BCUT2D eigenvalue weighted by Crippen LogP contribution is 2.29. The molecule has 2 atom stereocenters. The van der Waals surface area contributed by atoms with E-state index in [1.807, 2.05) is 0 Å². The number of hydrogen-bond acceptors (Lipinski definition) is 3. The van der Waals surface area contributed by atoms with Crippen molar-refractivity contribution in [3.63, 3.8) is 0 Å². The number of aliphatic carboxylic acids is 1. The van der Waals surface area contributed by atoms with Gasteiger partial charge < -0.3 is 20.6 Å². The molecule has 1 aliphatic carbocycles. The van der Waals surface area contributed by atoms with Crippen molar-refractivity contribution in [1.29, 1.82) is 0 Å². The lowest BCUT2D eigenvalue weighted by atomic mass is 9.79. The predicted molar refractivity (Wildman–Crippen MR) is 70.9 cm³/mol. The van der Waals surface area contributed by atoms with Crippen LogP contribution in [0.1, 0.15) is 25.7 Å². The topological polar surface area (TPSA) is 81.7 Å². The number of rotatable bonds is 3. The number of carboxylic acid groups (broad SMARTS) is 1. The molecule has 1 saturated heterocycles. The lowest BCUT2D eigenvalue weighted by Crippen LogP contribution is -2.51. The first-order chi connectivity index (χ1) is 9.18. The summed E-state index contributed by atoms with van der Waals surface area (Å²) in [6.45, 7) is 3.58. The van der Waals surface area contributed by atoms with Gasteiger partial charge in [0.05, 0.1) is 5.92 Å². The van der Waals surface area contributed by atoms with Crippen molar-refractivity contribution in [1.82, 2.24) is 15.5 Å². The summed E-state index contributed by atoms with van der Waals surface area (Å²) in [4.78, 5) is 24.9. The molecule has 0 aromatic heterocycles. The first-order valence-electron chi connectivity index (χ1n) is 7.15. The molecule has 2 unspecified atom stereocenters. The van der Waals surface area contributed by atoms with E-state index in [1.54, 1.807) is 4.90 Å². The number of carbonyl (C=O) groups excluding carboxylic acids is 1. The van der Waals surface area contributed by atoms with Crippen LogP contribution in [0.25, 0.3) is 0 Å². The van der Waals surface area contributed by atoms with Crippen LogP contribution >= 0.6 is 0 Å². The van der Waals surface area contributed by atoms with Gasteiger partial charge in [-0.3, -0.25) is 4.79 Å². The van der Waals surface area contributed by atoms with Crippen LogP contribution < -0.4 is 10.6 Å². The van der Waals surface area contributed by atoms with Crippen LogP contribution in [0.2, 0.25) is 0 Å². The first kappa shape index (κ1) is 14.1. The Morgan fingerprint density at radius 1 is 1.21 bits per heavy atom. The van der Waals surface area contributed by atoms with Gasteiger partial charge in [0.25, 0.3) is 0 Å². The van der Waals surface area contributed by atoms with Crippen LogP contribution in [0.5, 0.6) is 0 Å². The van der Waals surface area contributed by atoms with E-state index >= 15 is 0 Å². The number of carbonyl (C=O) groups is 2. The molecule has 6 heteroatoms. The smallest absolute Gasteiger partial charge is 0.317 e. The molecule has 2 aliphatic rings. The molecule has 0 aromatic carbocycles. The second kappa shape index (κ2) is 6.75. The maximum Gasteiger partial charge on any atom is 0.317 e. The van der Waals surface area contributed by atoms with Crippen molar-refractivity contribution in [3.8, 4) is 0 Å². The van der Waals surface area contributed by atoms with Crippen molar-refractivity contribution in [3.05, 3.63) is 0 Å². The Balaban J connectivity index is 1.79. The average Bonchev–Trinajstić information content (AvgIpc) is 2.46. The Kier molecular flexibility index (Phi) is 5.01. The Hall–Kier alpha value is -1.30. The molecular formula is C13H23N3O3. The molecule has 1 saturated carbocycles. The monoisotopic (exact) mass is 269 g/mol. The molecule has 1 heterocycles. The predicted octanol–water partition coefficient (Wildman–Crippen LogP) is 0.492. The van der Waals surface area contributed by atoms with Gasteiger partial charge in [-0.2, -0.15) is 0 Å². The zero-order chi connectivity index (χ0) is 13.7. The van der Waals surface area contributed by atoms with Crippen molar-refractivity contribution >= 4 is 12.0 Å². The largest absolute Gasteiger partial charge is 0.481 e. The van der Waals surface area contributed by atoms with Crippen LogP contribution in [-0.2, 0) is 4.79 Å². The zero-order valence-electron chi connectivity index (χ0n) is 11.2. The van der Waals surface area contributed by atoms with Crippen LogP contribution in [0.4, 0.5) is 4.79 Å². The summed E-state index contributed by atoms with van der Waals surface area (Å²) < 4.78 is 0. The minimum Gasteiger partial charge on any atom is -0.481 e. The molecule has 0 spiro atoms. The number of urea groups is 1. The van der Waals surface area contributed by atoms with E-state index in [1.165, 1.54) is 0 Å². The molecular weight excluding hydrogens is 246 g/mol. The van der Waals surface area contributed by atoms with Gasteiger partial charge in [-0.05, 0) is 18.8 Å². The Bertz CT molecular complexity index is 329. The summed E-state index contributed by atoms with van der Waals surface area (Å²) >= 11 is 0. The number of piperazine rings is 1. The summed E-state index contributed by atoms with van der Waals surface area (Å²) in [6, 6.07) is -0.0591. The minimum atomic E-state index is -0.721. The van der Waals surface area contributed by atoms with Gasteiger partial charge in [0, 0.05) is 32.7 Å². The number of nitrogens with zero attached hydrogens (tertiary/aromatic N) is 1. The number of nitrogens with one attached hydrogen (secondary N) is 2.